The summed E-state index contributed by atoms with van der Waals surface area (Å²) in [5, 5.41) is 8.20. The number of hydrogen-bond donors (Lipinski definition) is 0. The maximum absolute atomic E-state index is 12.9. The molecule has 33 heavy (non-hydrogen) atoms. The summed E-state index contributed by atoms with van der Waals surface area (Å²) in [5.41, 5.74) is 2.93. The van der Waals surface area contributed by atoms with Gasteiger partial charge < -0.3 is 14.4 Å². The molecule has 0 saturated carbocycles. The number of methoxy groups -OCH3 is 1. The van der Waals surface area contributed by atoms with Crippen molar-refractivity contribution >= 4 is 34.9 Å². The number of ether oxygens (including phenoxy) is 2. The highest BCUT2D eigenvalue weighted by atomic mass is 32.2. The average Bonchev–Trinajstić information content (AvgIpc) is 3.09. The molecule has 2 heterocycles. The molecular weight excluding hydrogens is 442 g/mol. The Kier molecular flexibility index (Phi) is 6.66. The van der Waals surface area contributed by atoms with Crippen LogP contribution in [0.2, 0.25) is 0 Å². The predicted octanol–water partition coefficient (Wildman–Crippen LogP) is 3.22. The fraction of sp³-hybridized carbons (Fsp3) is 0.250. The Bertz CT molecular complexity index is 1190. The zero-order valence-corrected chi connectivity index (χ0v) is 18.8. The highest BCUT2D eigenvalue weighted by Gasteiger charge is 2.37. The van der Waals surface area contributed by atoms with E-state index in [1.54, 1.807) is 29.2 Å². The molecule has 2 aromatic rings. The Morgan fingerprint density at radius 2 is 1.97 bits per heavy atom. The van der Waals surface area contributed by atoms with Crippen LogP contribution in [0.1, 0.15) is 16.7 Å². The van der Waals surface area contributed by atoms with E-state index in [2.05, 4.69) is 6.07 Å². The van der Waals surface area contributed by atoms with Crippen LogP contribution in [0.5, 0.6) is 11.5 Å². The zero-order chi connectivity index (χ0) is 23.4. The molecule has 0 spiro atoms. The first-order valence-corrected chi connectivity index (χ1v) is 11.1. The number of thioether (sulfide) groups is 1. The minimum absolute atomic E-state index is 0.120. The molecule has 1 saturated heterocycles. The van der Waals surface area contributed by atoms with E-state index in [9.17, 15) is 14.4 Å². The fourth-order valence-electron chi connectivity index (χ4n) is 3.73. The van der Waals surface area contributed by atoms with Crippen LogP contribution in [0.3, 0.4) is 0 Å². The maximum Gasteiger partial charge on any atom is 0.294 e. The number of fused-ring (bicyclic) bond motifs is 1. The van der Waals surface area contributed by atoms with Crippen LogP contribution in [0.25, 0.3) is 6.08 Å². The Morgan fingerprint density at radius 3 is 2.73 bits per heavy atom. The zero-order valence-electron chi connectivity index (χ0n) is 17.9. The molecule has 4 rings (SSSR count). The first kappa shape index (κ1) is 22.4. The van der Waals surface area contributed by atoms with Gasteiger partial charge in [0.2, 0.25) is 5.91 Å². The van der Waals surface area contributed by atoms with E-state index in [0.29, 0.717) is 30.2 Å². The standard InChI is InChI=1S/C24H21N3O5S/c1-31-20-12-16(6-7-19(20)32-11-9-25)13-21-23(29)27(24(30)33-21)15-22(28)26-10-8-17-4-2-3-5-18(17)14-26/h2-7,12-13H,8,10-11,14-15H2,1H3/b21-13-. The molecule has 168 valence electrons. The maximum atomic E-state index is 12.9. The van der Waals surface area contributed by atoms with Gasteiger partial charge in [-0.15, -0.1) is 0 Å². The van der Waals surface area contributed by atoms with Crippen LogP contribution in [-0.2, 0) is 22.6 Å². The van der Waals surface area contributed by atoms with Gasteiger partial charge in [0.25, 0.3) is 11.1 Å². The third-order valence-corrected chi connectivity index (χ3v) is 6.34. The predicted molar refractivity (Wildman–Crippen MR) is 122 cm³/mol. The first-order chi connectivity index (χ1) is 16.0. The van der Waals surface area contributed by atoms with Gasteiger partial charge in [-0.05, 0) is 53.1 Å². The van der Waals surface area contributed by atoms with E-state index < -0.39 is 11.1 Å². The molecule has 0 atom stereocenters. The number of nitrogens with zero attached hydrogens (tertiary/aromatic N) is 3. The number of carbonyl (C=O) groups is 3. The summed E-state index contributed by atoms with van der Waals surface area (Å²) < 4.78 is 10.6. The van der Waals surface area contributed by atoms with Gasteiger partial charge in [0.15, 0.2) is 18.1 Å². The Morgan fingerprint density at radius 1 is 1.18 bits per heavy atom. The molecule has 0 aliphatic carbocycles. The van der Waals surface area contributed by atoms with Crippen molar-refractivity contribution in [2.45, 2.75) is 13.0 Å². The highest BCUT2D eigenvalue weighted by molar-refractivity contribution is 8.18. The van der Waals surface area contributed by atoms with Gasteiger partial charge in [0, 0.05) is 13.1 Å². The van der Waals surface area contributed by atoms with Crippen molar-refractivity contribution in [3.8, 4) is 17.6 Å². The molecule has 2 aliphatic heterocycles. The van der Waals surface area contributed by atoms with Crippen molar-refractivity contribution in [2.75, 3.05) is 26.8 Å². The number of imide groups is 1. The molecule has 2 aromatic carbocycles. The molecule has 0 unspecified atom stereocenters. The van der Waals surface area contributed by atoms with E-state index >= 15 is 0 Å². The summed E-state index contributed by atoms with van der Waals surface area (Å²) in [4.78, 5) is 41.1. The summed E-state index contributed by atoms with van der Waals surface area (Å²) in [7, 11) is 1.47. The average molecular weight is 464 g/mol. The minimum atomic E-state index is -0.500. The Balaban J connectivity index is 1.45. The normalized spacial score (nSPS) is 16.5. The number of benzene rings is 2. The Labute approximate surface area is 195 Å². The lowest BCUT2D eigenvalue weighted by molar-refractivity contribution is -0.136. The van der Waals surface area contributed by atoms with Crippen molar-refractivity contribution in [1.82, 2.24) is 9.80 Å². The van der Waals surface area contributed by atoms with Crippen molar-refractivity contribution in [2.24, 2.45) is 0 Å². The number of hydrogen-bond acceptors (Lipinski definition) is 7. The van der Waals surface area contributed by atoms with Gasteiger partial charge >= 0.3 is 0 Å². The Hall–Kier alpha value is -3.77. The van der Waals surface area contributed by atoms with Gasteiger partial charge in [-0.1, -0.05) is 30.3 Å². The topological polar surface area (TPSA) is 99.9 Å². The molecular formula is C24H21N3O5S. The van der Waals surface area contributed by atoms with E-state index in [0.717, 1.165) is 28.6 Å². The number of amides is 3. The third-order valence-electron chi connectivity index (χ3n) is 5.43. The molecule has 3 amide bonds. The molecule has 0 radical (unpaired) electrons. The molecule has 0 N–H and O–H groups in total. The quantitative estimate of drug-likeness (QED) is 0.607. The van der Waals surface area contributed by atoms with Crippen LogP contribution >= 0.6 is 11.8 Å². The van der Waals surface area contributed by atoms with Crippen molar-refractivity contribution < 1.29 is 23.9 Å². The fourth-order valence-corrected chi connectivity index (χ4v) is 4.57. The van der Waals surface area contributed by atoms with Crippen LogP contribution in [0.15, 0.2) is 47.4 Å². The smallest absolute Gasteiger partial charge is 0.294 e. The summed E-state index contributed by atoms with van der Waals surface area (Å²) in [6.45, 7) is 0.628. The van der Waals surface area contributed by atoms with Crippen LogP contribution in [0, 0.1) is 11.3 Å². The monoisotopic (exact) mass is 463 g/mol. The van der Waals surface area contributed by atoms with Gasteiger partial charge in [-0.3, -0.25) is 19.3 Å². The van der Waals surface area contributed by atoms with E-state index in [-0.39, 0.29) is 24.0 Å². The van der Waals surface area contributed by atoms with Gasteiger partial charge in [0.1, 0.15) is 12.6 Å². The number of rotatable bonds is 6. The molecule has 0 bridgehead atoms. The summed E-state index contributed by atoms with van der Waals surface area (Å²) in [6, 6.07) is 14.8. The summed E-state index contributed by atoms with van der Waals surface area (Å²) in [5.74, 6) is 0.0463. The summed E-state index contributed by atoms with van der Waals surface area (Å²) >= 11 is 0.798. The van der Waals surface area contributed by atoms with E-state index in [1.807, 2.05) is 24.3 Å². The van der Waals surface area contributed by atoms with Crippen molar-refractivity contribution in [1.29, 1.82) is 5.26 Å². The highest BCUT2D eigenvalue weighted by Crippen LogP contribution is 2.34. The second kappa shape index (κ2) is 9.79. The molecule has 0 aromatic heterocycles. The lowest BCUT2D eigenvalue weighted by Gasteiger charge is -2.29. The number of nitriles is 1. The van der Waals surface area contributed by atoms with Crippen LogP contribution in [0.4, 0.5) is 4.79 Å². The molecule has 2 aliphatic rings. The van der Waals surface area contributed by atoms with E-state index in [4.69, 9.17) is 14.7 Å². The first-order valence-electron chi connectivity index (χ1n) is 10.3. The van der Waals surface area contributed by atoms with Crippen LogP contribution in [-0.4, -0.2) is 53.7 Å². The van der Waals surface area contributed by atoms with E-state index in [1.165, 1.54) is 12.7 Å². The summed E-state index contributed by atoms with van der Waals surface area (Å²) in [6.07, 6.45) is 2.32. The SMILES string of the molecule is COc1cc(/C=C2\SC(=O)N(CC(=O)N3CCc4ccccc4C3)C2=O)ccc1OCC#N. The third kappa shape index (κ3) is 4.86. The van der Waals surface area contributed by atoms with Crippen LogP contribution < -0.4 is 9.47 Å². The lowest BCUT2D eigenvalue weighted by Crippen LogP contribution is -2.44. The minimum Gasteiger partial charge on any atom is -0.493 e. The van der Waals surface area contributed by atoms with Crippen molar-refractivity contribution in [3.05, 3.63) is 64.1 Å². The van der Waals surface area contributed by atoms with Gasteiger partial charge in [0.05, 0.1) is 12.0 Å². The van der Waals surface area contributed by atoms with Gasteiger partial charge in [-0.25, -0.2) is 0 Å². The number of carbonyl (C=O) groups excluding carboxylic acids is 3. The van der Waals surface area contributed by atoms with Crippen molar-refractivity contribution in [3.63, 3.8) is 0 Å². The molecule has 9 heteroatoms. The second-order valence-corrected chi connectivity index (χ2v) is 8.45. The lowest BCUT2D eigenvalue weighted by atomic mass is 10.00. The molecule has 8 nitrogen and oxygen atoms in total. The molecule has 1 fully saturated rings. The second-order valence-electron chi connectivity index (χ2n) is 7.46. The van der Waals surface area contributed by atoms with Gasteiger partial charge in [-0.2, -0.15) is 5.26 Å². The largest absolute Gasteiger partial charge is 0.493 e.